The van der Waals surface area contributed by atoms with Gasteiger partial charge in [-0.05, 0) is 24.3 Å². The highest BCUT2D eigenvalue weighted by Gasteiger charge is 2.17. The number of aromatic nitrogens is 3. The van der Waals surface area contributed by atoms with Crippen LogP contribution in [0, 0.1) is 11.6 Å². The van der Waals surface area contributed by atoms with E-state index in [-0.39, 0.29) is 5.52 Å². The molecule has 21 heavy (non-hydrogen) atoms. The van der Waals surface area contributed by atoms with Gasteiger partial charge in [-0.15, -0.1) is 11.6 Å². The van der Waals surface area contributed by atoms with Crippen LogP contribution in [0.2, 0.25) is 0 Å². The lowest BCUT2D eigenvalue weighted by Crippen LogP contribution is -2.08. The highest BCUT2D eigenvalue weighted by molar-refractivity contribution is 6.17. The van der Waals surface area contributed by atoms with Crippen molar-refractivity contribution in [2.75, 3.05) is 5.88 Å². The second kappa shape index (κ2) is 5.77. The molecule has 2 heterocycles. The third kappa shape index (κ3) is 2.61. The Bertz CT molecular complexity index is 771. The van der Waals surface area contributed by atoms with Crippen molar-refractivity contribution >= 4 is 22.6 Å². The van der Waals surface area contributed by atoms with Crippen molar-refractivity contribution in [3.63, 3.8) is 0 Å². The SMILES string of the molecule is Fc1ccc2nc(CCCl)n(Cc3ccccn3)c2c1F. The van der Waals surface area contributed by atoms with Crippen LogP contribution in [0.4, 0.5) is 8.78 Å². The van der Waals surface area contributed by atoms with Gasteiger partial charge in [-0.3, -0.25) is 4.98 Å². The lowest BCUT2D eigenvalue weighted by molar-refractivity contribution is 0.511. The Morgan fingerprint density at radius 1 is 1.14 bits per heavy atom. The molecule has 0 radical (unpaired) electrons. The summed E-state index contributed by atoms with van der Waals surface area (Å²) in [7, 11) is 0. The van der Waals surface area contributed by atoms with E-state index in [4.69, 9.17) is 11.6 Å². The van der Waals surface area contributed by atoms with Crippen molar-refractivity contribution in [1.29, 1.82) is 0 Å². The molecule has 0 spiro atoms. The average molecular weight is 308 g/mol. The van der Waals surface area contributed by atoms with Crippen molar-refractivity contribution in [3.8, 4) is 0 Å². The topological polar surface area (TPSA) is 30.7 Å². The minimum Gasteiger partial charge on any atom is -0.319 e. The summed E-state index contributed by atoms with van der Waals surface area (Å²) in [5.74, 6) is -0.802. The fourth-order valence-corrected chi connectivity index (χ4v) is 2.47. The zero-order chi connectivity index (χ0) is 14.8. The van der Waals surface area contributed by atoms with Crippen LogP contribution >= 0.6 is 11.6 Å². The second-order valence-corrected chi connectivity index (χ2v) is 4.98. The van der Waals surface area contributed by atoms with Crippen molar-refractivity contribution < 1.29 is 8.78 Å². The molecule has 0 bridgehead atoms. The summed E-state index contributed by atoms with van der Waals surface area (Å²) >= 11 is 5.77. The monoisotopic (exact) mass is 307 g/mol. The number of alkyl halides is 1. The number of aryl methyl sites for hydroxylation is 1. The zero-order valence-electron chi connectivity index (χ0n) is 11.1. The van der Waals surface area contributed by atoms with E-state index in [9.17, 15) is 8.78 Å². The van der Waals surface area contributed by atoms with Crippen LogP contribution in [0.1, 0.15) is 11.5 Å². The van der Waals surface area contributed by atoms with E-state index in [1.54, 1.807) is 16.8 Å². The molecular weight excluding hydrogens is 296 g/mol. The molecule has 0 aliphatic carbocycles. The number of hydrogen-bond acceptors (Lipinski definition) is 2. The van der Waals surface area contributed by atoms with Gasteiger partial charge in [0.05, 0.1) is 17.8 Å². The average Bonchev–Trinajstić information content (AvgIpc) is 2.83. The fraction of sp³-hybridized carbons (Fsp3) is 0.200. The smallest absolute Gasteiger partial charge is 0.184 e. The van der Waals surface area contributed by atoms with Gasteiger partial charge >= 0.3 is 0 Å². The first-order valence-electron chi connectivity index (χ1n) is 6.49. The maximum atomic E-state index is 14.1. The zero-order valence-corrected chi connectivity index (χ0v) is 11.8. The molecule has 0 unspecified atom stereocenters. The standard InChI is InChI=1S/C15H12ClF2N3/c16-7-6-13-20-12-5-4-11(17)14(18)15(12)21(13)9-10-3-1-2-8-19-10/h1-5,8H,6-7,9H2. The normalized spacial score (nSPS) is 11.2. The maximum Gasteiger partial charge on any atom is 0.184 e. The fourth-order valence-electron chi connectivity index (χ4n) is 2.30. The molecule has 6 heteroatoms. The van der Waals surface area contributed by atoms with E-state index in [1.165, 1.54) is 6.07 Å². The maximum absolute atomic E-state index is 14.1. The van der Waals surface area contributed by atoms with Gasteiger partial charge in [0.2, 0.25) is 0 Å². The first-order chi connectivity index (χ1) is 10.2. The van der Waals surface area contributed by atoms with E-state index in [1.807, 2.05) is 12.1 Å². The Hall–Kier alpha value is -2.01. The van der Waals surface area contributed by atoms with Crippen LogP contribution in [0.5, 0.6) is 0 Å². The van der Waals surface area contributed by atoms with Gasteiger partial charge < -0.3 is 4.57 Å². The lowest BCUT2D eigenvalue weighted by Gasteiger charge is -2.08. The summed E-state index contributed by atoms with van der Waals surface area (Å²) in [6.45, 7) is 0.323. The predicted molar refractivity (Wildman–Crippen MR) is 77.4 cm³/mol. The Kier molecular flexibility index (Phi) is 3.84. The molecule has 3 nitrogen and oxygen atoms in total. The largest absolute Gasteiger partial charge is 0.319 e. The molecule has 0 saturated heterocycles. The van der Waals surface area contributed by atoms with Crippen LogP contribution in [0.3, 0.4) is 0 Å². The minimum absolute atomic E-state index is 0.153. The Morgan fingerprint density at radius 2 is 2.00 bits per heavy atom. The third-order valence-electron chi connectivity index (χ3n) is 3.24. The van der Waals surface area contributed by atoms with Gasteiger partial charge in [-0.25, -0.2) is 13.8 Å². The van der Waals surface area contributed by atoms with Crippen molar-refractivity contribution in [2.45, 2.75) is 13.0 Å². The summed E-state index contributed by atoms with van der Waals surface area (Å²) in [4.78, 5) is 8.56. The van der Waals surface area contributed by atoms with Crippen molar-refractivity contribution in [2.24, 2.45) is 0 Å². The van der Waals surface area contributed by atoms with Gasteiger partial charge in [0, 0.05) is 18.5 Å². The van der Waals surface area contributed by atoms with Gasteiger partial charge in [0.15, 0.2) is 11.6 Å². The molecule has 0 saturated carbocycles. The number of fused-ring (bicyclic) bond motifs is 1. The Morgan fingerprint density at radius 3 is 2.71 bits per heavy atom. The van der Waals surface area contributed by atoms with E-state index >= 15 is 0 Å². The molecule has 0 atom stereocenters. The summed E-state index contributed by atoms with van der Waals surface area (Å²) in [6.07, 6.45) is 2.14. The highest BCUT2D eigenvalue weighted by Crippen LogP contribution is 2.23. The molecule has 0 fully saturated rings. The molecule has 0 amide bonds. The molecule has 0 N–H and O–H groups in total. The second-order valence-electron chi connectivity index (χ2n) is 4.60. The molecule has 0 aliphatic rings. The number of nitrogens with zero attached hydrogens (tertiary/aromatic N) is 3. The third-order valence-corrected chi connectivity index (χ3v) is 3.43. The van der Waals surface area contributed by atoms with Gasteiger partial charge in [-0.2, -0.15) is 0 Å². The first kappa shape index (κ1) is 13.9. The summed E-state index contributed by atoms with van der Waals surface area (Å²) in [5, 5.41) is 0. The molecule has 0 aliphatic heterocycles. The highest BCUT2D eigenvalue weighted by atomic mass is 35.5. The summed E-state index contributed by atoms with van der Waals surface area (Å²) in [6, 6.07) is 8.03. The van der Waals surface area contributed by atoms with Gasteiger partial charge in [0.1, 0.15) is 11.3 Å². The van der Waals surface area contributed by atoms with Crippen LogP contribution < -0.4 is 0 Å². The Balaban J connectivity index is 2.17. The van der Waals surface area contributed by atoms with E-state index in [2.05, 4.69) is 9.97 Å². The van der Waals surface area contributed by atoms with Crippen LogP contribution in [-0.2, 0) is 13.0 Å². The van der Waals surface area contributed by atoms with E-state index in [0.29, 0.717) is 30.2 Å². The molecule has 1 aromatic carbocycles. The van der Waals surface area contributed by atoms with E-state index < -0.39 is 11.6 Å². The Labute approximate surface area is 125 Å². The first-order valence-corrected chi connectivity index (χ1v) is 7.03. The number of benzene rings is 1. The minimum atomic E-state index is -0.892. The van der Waals surface area contributed by atoms with E-state index in [0.717, 1.165) is 11.8 Å². The molecular formula is C15H12ClF2N3. The predicted octanol–water partition coefficient (Wildman–Crippen LogP) is 3.54. The van der Waals surface area contributed by atoms with Crippen molar-refractivity contribution in [1.82, 2.24) is 14.5 Å². The van der Waals surface area contributed by atoms with Crippen LogP contribution in [0.15, 0.2) is 36.5 Å². The number of rotatable bonds is 4. The number of halogens is 3. The molecule has 108 valence electrons. The number of hydrogen-bond donors (Lipinski definition) is 0. The summed E-state index contributed by atoms with van der Waals surface area (Å²) < 4.78 is 29.3. The van der Waals surface area contributed by atoms with Crippen LogP contribution in [-0.4, -0.2) is 20.4 Å². The van der Waals surface area contributed by atoms with Crippen LogP contribution in [0.25, 0.3) is 11.0 Å². The molecule has 3 rings (SSSR count). The molecule has 2 aromatic heterocycles. The lowest BCUT2D eigenvalue weighted by atomic mass is 10.2. The number of imidazole rings is 1. The van der Waals surface area contributed by atoms with Gasteiger partial charge in [-0.1, -0.05) is 6.07 Å². The van der Waals surface area contributed by atoms with Crippen molar-refractivity contribution in [3.05, 3.63) is 59.7 Å². The summed E-state index contributed by atoms with van der Waals surface area (Å²) in [5.41, 5.74) is 1.32. The number of pyridine rings is 1. The quantitative estimate of drug-likeness (QED) is 0.690. The van der Waals surface area contributed by atoms with Gasteiger partial charge in [0.25, 0.3) is 0 Å². The molecule has 3 aromatic rings.